The smallest absolute Gasteiger partial charge is 0.497 e. The van der Waals surface area contributed by atoms with E-state index in [9.17, 15) is 9.59 Å². The van der Waals surface area contributed by atoms with Gasteiger partial charge in [0.25, 0.3) is 0 Å². The highest BCUT2D eigenvalue weighted by atomic mass is 28.4. The Balaban J connectivity index is 1.77. The van der Waals surface area contributed by atoms with Crippen LogP contribution >= 0.6 is 0 Å². The first-order valence-corrected chi connectivity index (χ1v) is 18.3. The van der Waals surface area contributed by atoms with Crippen molar-refractivity contribution in [1.82, 2.24) is 4.90 Å². The van der Waals surface area contributed by atoms with Gasteiger partial charge in [-0.1, -0.05) is 56.3 Å². The molecule has 0 N–H and O–H groups in total. The first-order chi connectivity index (χ1) is 22.1. The molecule has 4 atom stereocenters. The summed E-state index contributed by atoms with van der Waals surface area (Å²) in [5.74, 6) is 0.717. The van der Waals surface area contributed by atoms with Crippen molar-refractivity contribution in [2.24, 2.45) is 17.3 Å². The van der Waals surface area contributed by atoms with Gasteiger partial charge in [0, 0.05) is 31.6 Å². The van der Waals surface area contributed by atoms with Crippen molar-refractivity contribution in [3.63, 3.8) is 0 Å². The number of benzene rings is 2. The normalized spacial score (nSPS) is 23.8. The minimum absolute atomic E-state index is 0.0734. The third kappa shape index (κ3) is 7.74. The molecule has 1 heterocycles. The van der Waals surface area contributed by atoms with E-state index >= 15 is 0 Å². The summed E-state index contributed by atoms with van der Waals surface area (Å²) in [5.41, 5.74) is 1.69. The van der Waals surface area contributed by atoms with E-state index in [4.69, 9.17) is 27.5 Å². The zero-order valence-corrected chi connectivity index (χ0v) is 29.5. The van der Waals surface area contributed by atoms with E-state index in [0.717, 1.165) is 27.6 Å². The molecule has 1 aliphatic heterocycles. The number of hydrogen-bond acceptors (Lipinski definition) is 8. The van der Waals surface area contributed by atoms with Crippen molar-refractivity contribution in [2.75, 3.05) is 33.5 Å². The average molecular weight is 654 g/mol. The summed E-state index contributed by atoms with van der Waals surface area (Å²) in [6.07, 6.45) is 0.307. The summed E-state index contributed by atoms with van der Waals surface area (Å²) in [6.45, 7) is 14.0. The lowest BCUT2D eigenvalue weighted by molar-refractivity contribution is -0.151. The second kappa shape index (κ2) is 16.2. The second-order valence-corrected chi connectivity index (χ2v) is 14.9. The summed E-state index contributed by atoms with van der Waals surface area (Å²) < 4.78 is 37.0. The third-order valence-electron chi connectivity index (χ3n) is 9.37. The SMILES string of the molecule is CCO[Si](OCC)(OCC)C1=C(C)C(OCc2ccc(OC)cc2)C2(CC1)C[C@H](C)[C@@H](C)CN(C(=O)OCc1ccccc1)C2=O. The number of carbonyl (C=O) groups excluding carboxylic acids is 2. The molecule has 2 aromatic carbocycles. The van der Waals surface area contributed by atoms with E-state index < -0.39 is 26.4 Å². The van der Waals surface area contributed by atoms with E-state index in [1.807, 2.05) is 82.3 Å². The third-order valence-corrected chi connectivity index (χ3v) is 12.8. The number of imide groups is 1. The molecule has 9 nitrogen and oxygen atoms in total. The predicted molar refractivity (Wildman–Crippen MR) is 178 cm³/mol. The molecule has 0 bridgehead atoms. The molecule has 10 heteroatoms. The van der Waals surface area contributed by atoms with Crippen LogP contribution in [0.5, 0.6) is 5.75 Å². The molecule has 2 aromatic rings. The van der Waals surface area contributed by atoms with Crippen LogP contribution in [-0.4, -0.2) is 65.3 Å². The van der Waals surface area contributed by atoms with Gasteiger partial charge in [-0.3, -0.25) is 4.79 Å². The molecule has 46 heavy (non-hydrogen) atoms. The number of ether oxygens (including phenoxy) is 3. The van der Waals surface area contributed by atoms with Crippen molar-refractivity contribution >= 4 is 20.8 Å². The number of rotatable bonds is 13. The Morgan fingerprint density at radius 1 is 0.891 bits per heavy atom. The van der Waals surface area contributed by atoms with Crippen LogP contribution in [0, 0.1) is 17.3 Å². The number of amides is 2. The van der Waals surface area contributed by atoms with Gasteiger partial charge in [0.15, 0.2) is 0 Å². The van der Waals surface area contributed by atoms with Crippen molar-refractivity contribution in [1.29, 1.82) is 0 Å². The molecule has 2 unspecified atom stereocenters. The molecule has 1 saturated heterocycles. The molecule has 1 spiro atoms. The quantitative estimate of drug-likeness (QED) is 0.211. The fourth-order valence-electron chi connectivity index (χ4n) is 6.85. The van der Waals surface area contributed by atoms with Crippen LogP contribution in [0.4, 0.5) is 4.79 Å². The van der Waals surface area contributed by atoms with Crippen LogP contribution in [0.1, 0.15) is 71.9 Å². The Labute approximate surface area is 275 Å². The van der Waals surface area contributed by atoms with Crippen molar-refractivity contribution in [2.45, 2.75) is 80.1 Å². The maximum atomic E-state index is 14.9. The minimum atomic E-state index is -3.29. The maximum Gasteiger partial charge on any atom is 0.533 e. The number of likely N-dealkylation sites (tertiary alicyclic amines) is 1. The molecule has 252 valence electrons. The Hall–Kier alpha value is -3.02. The fourth-order valence-corrected chi connectivity index (χ4v) is 9.81. The van der Waals surface area contributed by atoms with E-state index in [2.05, 4.69) is 13.8 Å². The molecular formula is C36H51NO8Si. The van der Waals surface area contributed by atoms with Gasteiger partial charge in [-0.15, -0.1) is 0 Å². The zero-order chi connectivity index (χ0) is 33.3. The Kier molecular flexibility index (Phi) is 12.6. The lowest BCUT2D eigenvalue weighted by atomic mass is 9.66. The second-order valence-electron chi connectivity index (χ2n) is 12.3. The lowest BCUT2D eigenvalue weighted by Gasteiger charge is -2.47. The van der Waals surface area contributed by atoms with Gasteiger partial charge in [-0.2, -0.15) is 0 Å². The Morgan fingerprint density at radius 3 is 2.09 bits per heavy atom. The molecule has 1 aliphatic carbocycles. The predicted octanol–water partition coefficient (Wildman–Crippen LogP) is 7.11. The number of methoxy groups -OCH3 is 1. The first kappa shape index (κ1) is 35.8. The number of allylic oxidation sites excluding steroid dienone is 1. The molecule has 2 aliphatic rings. The minimum Gasteiger partial charge on any atom is -0.497 e. The molecule has 0 aromatic heterocycles. The van der Waals surface area contributed by atoms with E-state index in [-0.39, 0.29) is 37.5 Å². The zero-order valence-electron chi connectivity index (χ0n) is 28.5. The highest BCUT2D eigenvalue weighted by Crippen LogP contribution is 2.51. The maximum absolute atomic E-state index is 14.9. The van der Waals surface area contributed by atoms with Crippen LogP contribution in [0.25, 0.3) is 0 Å². The summed E-state index contributed by atoms with van der Waals surface area (Å²) in [7, 11) is -1.65. The number of nitrogens with zero attached hydrogens (tertiary/aromatic N) is 1. The van der Waals surface area contributed by atoms with E-state index in [1.54, 1.807) is 7.11 Å². The molecule has 0 radical (unpaired) electrons. The average Bonchev–Trinajstić information content (AvgIpc) is 3.14. The molecular weight excluding hydrogens is 602 g/mol. The number of hydrogen-bond donors (Lipinski definition) is 0. The van der Waals surface area contributed by atoms with Gasteiger partial charge >= 0.3 is 14.9 Å². The summed E-state index contributed by atoms with van der Waals surface area (Å²) in [5, 5.41) is 0.958. The summed E-state index contributed by atoms with van der Waals surface area (Å²) in [4.78, 5) is 29.9. The fraction of sp³-hybridized carbons (Fsp3) is 0.556. The molecule has 1 fully saturated rings. The van der Waals surface area contributed by atoms with Crippen LogP contribution in [0.3, 0.4) is 0 Å². The highest BCUT2D eigenvalue weighted by molar-refractivity contribution is 6.69. The molecule has 2 amide bonds. The highest BCUT2D eigenvalue weighted by Gasteiger charge is 2.59. The first-order valence-electron chi connectivity index (χ1n) is 16.5. The van der Waals surface area contributed by atoms with Crippen LogP contribution in [0.2, 0.25) is 0 Å². The van der Waals surface area contributed by atoms with Crippen LogP contribution in [-0.2, 0) is 40.8 Å². The number of carbonyl (C=O) groups is 2. The Morgan fingerprint density at radius 2 is 1.50 bits per heavy atom. The van der Waals surface area contributed by atoms with Gasteiger partial charge < -0.3 is 27.5 Å². The van der Waals surface area contributed by atoms with Gasteiger partial charge in [-0.05, 0) is 87.6 Å². The van der Waals surface area contributed by atoms with Crippen molar-refractivity contribution in [3.05, 3.63) is 76.5 Å². The van der Waals surface area contributed by atoms with Gasteiger partial charge in [0.2, 0.25) is 5.91 Å². The van der Waals surface area contributed by atoms with Crippen molar-refractivity contribution in [3.8, 4) is 5.75 Å². The largest absolute Gasteiger partial charge is 0.533 e. The van der Waals surface area contributed by atoms with Crippen molar-refractivity contribution < 1.29 is 37.1 Å². The molecule has 4 rings (SSSR count). The summed E-state index contributed by atoms with van der Waals surface area (Å²) >= 11 is 0. The standard InChI is InChI=1S/C36H51NO8Si/c1-8-43-46(44-9-2,45-10-3)32-20-21-36(33(28(32)6)41-24-30-16-18-31(40-7)19-17-30)22-26(4)27(5)23-37(34(36)38)35(39)42-25-29-14-12-11-13-15-29/h11-19,26-27,33H,8-10,20-25H2,1-7H3/t26-,27-,33?,36?/m0/s1. The van der Waals surface area contributed by atoms with E-state index in [0.29, 0.717) is 39.1 Å². The topological polar surface area (TPSA) is 92.8 Å². The van der Waals surface area contributed by atoms with E-state index in [1.165, 1.54) is 4.90 Å². The van der Waals surface area contributed by atoms with Crippen LogP contribution < -0.4 is 4.74 Å². The van der Waals surface area contributed by atoms with Gasteiger partial charge in [0.1, 0.15) is 12.4 Å². The van der Waals surface area contributed by atoms with Gasteiger partial charge in [-0.25, -0.2) is 9.69 Å². The summed E-state index contributed by atoms with van der Waals surface area (Å²) in [6, 6.07) is 17.2. The monoisotopic (exact) mass is 653 g/mol. The Bertz CT molecular complexity index is 1320. The lowest BCUT2D eigenvalue weighted by Crippen LogP contribution is -2.57. The molecule has 0 saturated carbocycles. The van der Waals surface area contributed by atoms with Crippen LogP contribution in [0.15, 0.2) is 65.4 Å². The van der Waals surface area contributed by atoms with Gasteiger partial charge in [0.05, 0.1) is 25.2 Å².